The Morgan fingerprint density at radius 1 is 1.26 bits per heavy atom. The minimum Gasteiger partial charge on any atom is -0.454 e. The lowest BCUT2D eigenvalue weighted by Gasteiger charge is -2.36. The van der Waals surface area contributed by atoms with E-state index in [4.69, 9.17) is 10.2 Å². The molecular formula is C14H22IN5O3. The number of carbonyl (C=O) groups is 2. The number of guanidine groups is 1. The van der Waals surface area contributed by atoms with Crippen molar-refractivity contribution in [2.24, 2.45) is 10.7 Å². The average molecular weight is 435 g/mol. The lowest BCUT2D eigenvalue weighted by molar-refractivity contribution is -0.130. The number of hydrogen-bond donors (Lipinski definition) is 2. The first kappa shape index (κ1) is 19.3. The molecule has 0 spiro atoms. The summed E-state index contributed by atoms with van der Waals surface area (Å²) in [4.78, 5) is 30.4. The molecule has 1 aliphatic rings. The second kappa shape index (κ2) is 8.75. The summed E-state index contributed by atoms with van der Waals surface area (Å²) in [6.07, 6.45) is 0. The van der Waals surface area contributed by atoms with Crippen LogP contribution in [0.4, 0.5) is 0 Å². The SMILES string of the molecule is CN=C(NCc1ccc(C(N)=O)o1)N1CCN(C(C)=O)CC1.I. The van der Waals surface area contributed by atoms with Gasteiger partial charge < -0.3 is 25.3 Å². The van der Waals surface area contributed by atoms with Gasteiger partial charge in [0, 0.05) is 40.2 Å². The molecule has 1 aliphatic heterocycles. The summed E-state index contributed by atoms with van der Waals surface area (Å²) in [7, 11) is 1.71. The molecule has 0 aliphatic carbocycles. The van der Waals surface area contributed by atoms with Crippen molar-refractivity contribution in [3.63, 3.8) is 0 Å². The van der Waals surface area contributed by atoms with Gasteiger partial charge in [-0.3, -0.25) is 14.6 Å². The van der Waals surface area contributed by atoms with Crippen molar-refractivity contribution in [1.29, 1.82) is 0 Å². The predicted molar refractivity (Wildman–Crippen MR) is 96.7 cm³/mol. The van der Waals surface area contributed by atoms with Gasteiger partial charge in [0.15, 0.2) is 11.7 Å². The van der Waals surface area contributed by atoms with E-state index in [-0.39, 0.29) is 35.6 Å². The number of nitrogens with two attached hydrogens (primary N) is 1. The minimum atomic E-state index is -0.587. The van der Waals surface area contributed by atoms with Crippen LogP contribution in [0.3, 0.4) is 0 Å². The maximum Gasteiger partial charge on any atom is 0.284 e. The van der Waals surface area contributed by atoms with E-state index >= 15 is 0 Å². The summed E-state index contributed by atoms with van der Waals surface area (Å²) < 4.78 is 5.31. The number of furan rings is 1. The quantitative estimate of drug-likeness (QED) is 0.402. The van der Waals surface area contributed by atoms with Gasteiger partial charge in [-0.2, -0.15) is 0 Å². The number of nitrogens with one attached hydrogen (secondary N) is 1. The molecule has 0 unspecified atom stereocenters. The normalized spacial score (nSPS) is 15.1. The van der Waals surface area contributed by atoms with Gasteiger partial charge in [-0.15, -0.1) is 24.0 Å². The largest absolute Gasteiger partial charge is 0.454 e. The predicted octanol–water partition coefficient (Wildman–Crippen LogP) is 0.236. The minimum absolute atomic E-state index is 0. The molecule has 3 N–H and O–H groups in total. The molecule has 0 radical (unpaired) electrons. The van der Waals surface area contributed by atoms with E-state index in [1.165, 1.54) is 0 Å². The van der Waals surface area contributed by atoms with Gasteiger partial charge in [0.05, 0.1) is 6.54 Å². The zero-order chi connectivity index (χ0) is 16.1. The number of carbonyl (C=O) groups excluding carboxylic acids is 2. The third-order valence-electron chi connectivity index (χ3n) is 3.56. The Bertz CT molecular complexity index is 579. The molecular weight excluding hydrogens is 413 g/mol. The van der Waals surface area contributed by atoms with Gasteiger partial charge in [0.2, 0.25) is 5.91 Å². The third kappa shape index (κ3) is 5.12. The number of hydrogen-bond acceptors (Lipinski definition) is 4. The van der Waals surface area contributed by atoms with Gasteiger partial charge in [-0.05, 0) is 12.1 Å². The maximum atomic E-state index is 11.3. The van der Waals surface area contributed by atoms with Gasteiger partial charge in [0.1, 0.15) is 5.76 Å². The average Bonchev–Trinajstić information content (AvgIpc) is 2.97. The second-order valence-electron chi connectivity index (χ2n) is 5.02. The summed E-state index contributed by atoms with van der Waals surface area (Å²) in [6.45, 7) is 4.81. The van der Waals surface area contributed by atoms with Crippen LogP contribution in [0.15, 0.2) is 21.5 Å². The highest BCUT2D eigenvalue weighted by Crippen LogP contribution is 2.08. The Hall–Kier alpha value is -1.78. The van der Waals surface area contributed by atoms with Gasteiger partial charge in [-0.1, -0.05) is 0 Å². The highest BCUT2D eigenvalue weighted by atomic mass is 127. The Kier molecular flexibility index (Phi) is 7.33. The molecule has 1 fully saturated rings. The Morgan fingerprint density at radius 3 is 2.35 bits per heavy atom. The summed E-state index contributed by atoms with van der Waals surface area (Å²) >= 11 is 0. The number of halogens is 1. The van der Waals surface area contributed by atoms with Crippen LogP contribution < -0.4 is 11.1 Å². The highest BCUT2D eigenvalue weighted by molar-refractivity contribution is 14.0. The number of primary amides is 1. The molecule has 128 valence electrons. The molecule has 9 heteroatoms. The first-order valence-electron chi connectivity index (χ1n) is 7.11. The van der Waals surface area contributed by atoms with Crippen LogP contribution in [-0.4, -0.2) is 60.8 Å². The summed E-state index contributed by atoms with van der Waals surface area (Å²) in [5, 5.41) is 3.18. The first-order valence-corrected chi connectivity index (χ1v) is 7.11. The molecule has 0 atom stereocenters. The molecule has 2 heterocycles. The molecule has 1 saturated heterocycles. The molecule has 1 aromatic heterocycles. The van der Waals surface area contributed by atoms with E-state index in [1.807, 2.05) is 4.90 Å². The molecule has 23 heavy (non-hydrogen) atoms. The Morgan fingerprint density at radius 2 is 1.87 bits per heavy atom. The van der Waals surface area contributed by atoms with E-state index in [0.29, 0.717) is 25.4 Å². The van der Waals surface area contributed by atoms with Crippen molar-refractivity contribution >= 4 is 41.8 Å². The summed E-state index contributed by atoms with van der Waals surface area (Å²) in [5.41, 5.74) is 5.15. The highest BCUT2D eigenvalue weighted by Gasteiger charge is 2.21. The van der Waals surface area contributed by atoms with E-state index in [2.05, 4.69) is 15.2 Å². The van der Waals surface area contributed by atoms with Crippen molar-refractivity contribution in [2.45, 2.75) is 13.5 Å². The van der Waals surface area contributed by atoms with Crippen molar-refractivity contribution in [3.05, 3.63) is 23.7 Å². The fourth-order valence-corrected chi connectivity index (χ4v) is 2.34. The van der Waals surface area contributed by atoms with Gasteiger partial charge in [0.25, 0.3) is 5.91 Å². The Labute approximate surface area is 152 Å². The number of aliphatic imine (C=N–C) groups is 1. The standard InChI is InChI=1S/C14H21N5O3.HI/c1-10(20)18-5-7-19(8-6-18)14(16-2)17-9-11-3-4-12(22-11)13(15)21;/h3-4H,5-9H2,1-2H3,(H2,15,21)(H,16,17);1H. The van der Waals surface area contributed by atoms with Crippen molar-refractivity contribution < 1.29 is 14.0 Å². The number of rotatable bonds is 3. The summed E-state index contributed by atoms with van der Waals surface area (Å²) in [5.74, 6) is 0.993. The number of piperazine rings is 1. The molecule has 2 rings (SSSR count). The van der Waals surface area contributed by atoms with Crippen LogP contribution in [0.1, 0.15) is 23.2 Å². The van der Waals surface area contributed by atoms with Gasteiger partial charge >= 0.3 is 0 Å². The van der Waals surface area contributed by atoms with Crippen molar-refractivity contribution in [3.8, 4) is 0 Å². The van der Waals surface area contributed by atoms with E-state index in [0.717, 1.165) is 19.0 Å². The topological polar surface area (TPSA) is 104 Å². The van der Waals surface area contributed by atoms with Crippen molar-refractivity contribution in [1.82, 2.24) is 15.1 Å². The molecule has 0 bridgehead atoms. The maximum absolute atomic E-state index is 11.3. The monoisotopic (exact) mass is 435 g/mol. The first-order chi connectivity index (χ1) is 10.5. The molecule has 0 aromatic carbocycles. The van der Waals surface area contributed by atoms with Gasteiger partial charge in [-0.25, -0.2) is 0 Å². The van der Waals surface area contributed by atoms with Crippen molar-refractivity contribution in [2.75, 3.05) is 33.2 Å². The fourth-order valence-electron chi connectivity index (χ4n) is 2.34. The zero-order valence-corrected chi connectivity index (χ0v) is 15.6. The number of nitrogens with zero attached hydrogens (tertiary/aromatic N) is 3. The van der Waals surface area contributed by atoms with Crippen LogP contribution in [0.25, 0.3) is 0 Å². The lowest BCUT2D eigenvalue weighted by Crippen LogP contribution is -2.53. The van der Waals surface area contributed by atoms with E-state index < -0.39 is 5.91 Å². The third-order valence-corrected chi connectivity index (χ3v) is 3.56. The smallest absolute Gasteiger partial charge is 0.284 e. The molecule has 8 nitrogen and oxygen atoms in total. The van der Waals surface area contributed by atoms with Crippen LogP contribution in [0.2, 0.25) is 0 Å². The van der Waals surface area contributed by atoms with Crippen LogP contribution in [0, 0.1) is 0 Å². The molecule has 0 saturated carbocycles. The number of amides is 2. The second-order valence-corrected chi connectivity index (χ2v) is 5.02. The molecule has 2 amide bonds. The van der Waals surface area contributed by atoms with Crippen LogP contribution in [-0.2, 0) is 11.3 Å². The zero-order valence-electron chi connectivity index (χ0n) is 13.2. The van der Waals surface area contributed by atoms with Crippen LogP contribution >= 0.6 is 24.0 Å². The lowest BCUT2D eigenvalue weighted by atomic mass is 10.3. The Balaban J connectivity index is 0.00000264. The fraction of sp³-hybridized carbons (Fsp3) is 0.500. The van der Waals surface area contributed by atoms with E-state index in [1.54, 1.807) is 26.1 Å². The van der Waals surface area contributed by atoms with Crippen LogP contribution in [0.5, 0.6) is 0 Å². The summed E-state index contributed by atoms with van der Waals surface area (Å²) in [6, 6.07) is 3.25. The molecule has 1 aromatic rings. The van der Waals surface area contributed by atoms with E-state index in [9.17, 15) is 9.59 Å².